The summed E-state index contributed by atoms with van der Waals surface area (Å²) in [5.41, 5.74) is 2.36. The molecule has 39 heavy (non-hydrogen) atoms. The number of amides is 2. The minimum atomic E-state index is -0.656. The van der Waals surface area contributed by atoms with Gasteiger partial charge in [0.2, 0.25) is 11.8 Å². The molecule has 0 aliphatic carbocycles. The molecule has 0 bridgehead atoms. The van der Waals surface area contributed by atoms with E-state index in [4.69, 9.17) is 5.26 Å². The summed E-state index contributed by atoms with van der Waals surface area (Å²) in [6.45, 7) is 12.4. The van der Waals surface area contributed by atoms with Gasteiger partial charge in [0.15, 0.2) is 0 Å². The van der Waals surface area contributed by atoms with E-state index in [1.807, 2.05) is 65.0 Å². The molecule has 3 N–H and O–H groups in total. The number of anilines is 1. The number of hydrogen-bond donors (Lipinski definition) is 3. The maximum atomic E-state index is 12.7. The SMILES string of the molecule is CC.CC.CCCC(=O)N[C@H](Cc1ccccc1)C(=O)Nc1ccc(COO)cc1.C[N-]CCOC(C)=O.[Y]. The number of carbonyl (C=O) groups excluding carboxylic acids is 3. The Balaban J connectivity index is -0.000000848. The zero-order valence-electron chi connectivity index (χ0n) is 24.5. The monoisotopic (exact) mass is 621 g/mol. The summed E-state index contributed by atoms with van der Waals surface area (Å²) in [4.78, 5) is 38.8. The van der Waals surface area contributed by atoms with Gasteiger partial charge in [0.05, 0.1) is 6.61 Å². The molecule has 0 fully saturated rings. The second-order valence-corrected chi connectivity index (χ2v) is 7.40. The summed E-state index contributed by atoms with van der Waals surface area (Å²) in [5, 5.41) is 17.8. The summed E-state index contributed by atoms with van der Waals surface area (Å²) < 4.78 is 4.55. The fourth-order valence-electron chi connectivity index (χ4n) is 2.82. The molecule has 0 saturated carbocycles. The first kappa shape index (κ1) is 41.3. The van der Waals surface area contributed by atoms with Crippen LogP contribution in [-0.4, -0.2) is 49.3 Å². The minimum absolute atomic E-state index is 0. The first-order valence-electron chi connectivity index (χ1n) is 13.1. The molecule has 1 radical (unpaired) electrons. The molecule has 2 rings (SSSR count). The van der Waals surface area contributed by atoms with Gasteiger partial charge in [-0.2, -0.15) is 7.05 Å². The Morgan fingerprint density at radius 1 is 0.949 bits per heavy atom. The molecular weight excluding hydrogens is 575 g/mol. The van der Waals surface area contributed by atoms with E-state index in [0.29, 0.717) is 31.7 Å². The maximum absolute atomic E-state index is 12.7. The summed E-state index contributed by atoms with van der Waals surface area (Å²) in [5.74, 6) is -0.655. The van der Waals surface area contributed by atoms with Crippen LogP contribution >= 0.6 is 0 Å². The number of nitrogens with zero attached hydrogens (tertiary/aromatic N) is 1. The van der Waals surface area contributed by atoms with Crippen molar-refractivity contribution in [3.8, 4) is 0 Å². The fraction of sp³-hybridized carbons (Fsp3) is 0.483. The van der Waals surface area contributed by atoms with E-state index in [0.717, 1.165) is 17.5 Å². The minimum Gasteiger partial charge on any atom is -0.662 e. The van der Waals surface area contributed by atoms with Gasteiger partial charge in [-0.25, -0.2) is 4.89 Å². The van der Waals surface area contributed by atoms with Crippen molar-refractivity contribution in [3.05, 3.63) is 71.0 Å². The molecule has 1 atom stereocenters. The third kappa shape index (κ3) is 22.4. The molecule has 2 aromatic carbocycles. The third-order valence-corrected chi connectivity index (χ3v) is 4.48. The van der Waals surface area contributed by atoms with Crippen LogP contribution in [0.1, 0.15) is 65.5 Å². The summed E-state index contributed by atoms with van der Waals surface area (Å²) >= 11 is 0. The number of nitrogens with one attached hydrogen (secondary N) is 2. The predicted molar refractivity (Wildman–Crippen MR) is 153 cm³/mol. The molecule has 0 aliphatic rings. The van der Waals surface area contributed by atoms with Crippen molar-refractivity contribution < 1.29 is 62.0 Å². The predicted octanol–water partition coefficient (Wildman–Crippen LogP) is 5.75. The topological polar surface area (TPSA) is 128 Å². The quantitative estimate of drug-likeness (QED) is 0.120. The van der Waals surface area contributed by atoms with Crippen molar-refractivity contribution >= 4 is 23.5 Å². The van der Waals surface area contributed by atoms with Gasteiger partial charge in [-0.3, -0.25) is 19.6 Å². The Kier molecular flexibility index (Phi) is 30.5. The first-order chi connectivity index (χ1) is 18.4. The van der Waals surface area contributed by atoms with E-state index >= 15 is 0 Å². The molecule has 0 spiro atoms. The van der Waals surface area contributed by atoms with Gasteiger partial charge in [-0.1, -0.05) is 77.1 Å². The molecule has 0 unspecified atom stereocenters. The average Bonchev–Trinajstić information content (AvgIpc) is 2.93. The van der Waals surface area contributed by atoms with Crippen LogP contribution in [0.15, 0.2) is 54.6 Å². The Labute approximate surface area is 259 Å². The molecule has 10 heteroatoms. The normalized spacial score (nSPS) is 9.85. The van der Waals surface area contributed by atoms with Crippen LogP contribution in [0.4, 0.5) is 5.69 Å². The van der Waals surface area contributed by atoms with Crippen LogP contribution in [0.25, 0.3) is 5.32 Å². The molecule has 0 aromatic heterocycles. The number of likely N-dealkylation sites (N-methyl/N-ethyl adjacent to an activating group) is 1. The van der Waals surface area contributed by atoms with Crippen molar-refractivity contribution in [1.82, 2.24) is 5.32 Å². The zero-order chi connectivity index (χ0) is 29.2. The first-order valence-corrected chi connectivity index (χ1v) is 13.1. The van der Waals surface area contributed by atoms with Crippen LogP contribution in [0, 0.1) is 0 Å². The van der Waals surface area contributed by atoms with Gasteiger partial charge in [0.1, 0.15) is 12.6 Å². The number of carbonyl (C=O) groups is 3. The van der Waals surface area contributed by atoms with Gasteiger partial charge in [0, 0.05) is 58.2 Å². The van der Waals surface area contributed by atoms with E-state index in [1.54, 1.807) is 31.3 Å². The number of rotatable bonds is 12. The number of benzene rings is 2. The van der Waals surface area contributed by atoms with Crippen molar-refractivity contribution in [2.45, 2.75) is 73.5 Å². The van der Waals surface area contributed by atoms with E-state index in [9.17, 15) is 14.4 Å². The van der Waals surface area contributed by atoms with Crippen molar-refractivity contribution in [2.24, 2.45) is 0 Å². The smallest absolute Gasteiger partial charge is 0.302 e. The van der Waals surface area contributed by atoms with Gasteiger partial charge >= 0.3 is 5.97 Å². The maximum Gasteiger partial charge on any atom is 0.302 e. The average molecular weight is 622 g/mol. The molecular formula is C29H46N3O6Y-. The molecule has 217 valence electrons. The molecule has 0 aliphatic heterocycles. The third-order valence-electron chi connectivity index (χ3n) is 4.48. The van der Waals surface area contributed by atoms with E-state index in [1.165, 1.54) is 6.92 Å². The Morgan fingerprint density at radius 2 is 1.54 bits per heavy atom. The molecule has 2 amide bonds. The van der Waals surface area contributed by atoms with Gasteiger partial charge < -0.3 is 20.7 Å². The van der Waals surface area contributed by atoms with Gasteiger partial charge in [-0.05, 0) is 29.7 Å². The Hall–Kier alpha value is -2.17. The van der Waals surface area contributed by atoms with E-state index in [2.05, 4.69) is 25.6 Å². The van der Waals surface area contributed by atoms with Crippen LogP contribution < -0.4 is 10.6 Å². The fourth-order valence-corrected chi connectivity index (χ4v) is 2.82. The largest absolute Gasteiger partial charge is 0.662 e. The molecule has 9 nitrogen and oxygen atoms in total. The molecule has 0 heterocycles. The zero-order valence-corrected chi connectivity index (χ0v) is 27.4. The summed E-state index contributed by atoms with van der Waals surface area (Å²) in [7, 11) is 1.68. The second kappa shape index (κ2) is 28.8. The van der Waals surface area contributed by atoms with Crippen molar-refractivity contribution in [3.63, 3.8) is 0 Å². The Morgan fingerprint density at radius 3 is 2.03 bits per heavy atom. The van der Waals surface area contributed by atoms with Crippen LogP contribution in [-0.2, 0) is 69.7 Å². The van der Waals surface area contributed by atoms with Gasteiger partial charge in [-0.15, -0.1) is 6.54 Å². The van der Waals surface area contributed by atoms with Gasteiger partial charge in [0.25, 0.3) is 0 Å². The van der Waals surface area contributed by atoms with Crippen LogP contribution in [0.5, 0.6) is 0 Å². The van der Waals surface area contributed by atoms with E-state index in [-0.39, 0.29) is 57.1 Å². The van der Waals surface area contributed by atoms with Crippen LogP contribution in [0.2, 0.25) is 0 Å². The summed E-state index contributed by atoms with van der Waals surface area (Å²) in [6, 6.07) is 15.8. The standard InChI is InChI=1S/C20H24N2O4.C5H10NO2.2C2H6.Y/c1-2-6-19(23)22-18(13-15-7-4-3-5-8-15)20(24)21-17-11-9-16(10-12-17)14-26-25;1-5(7)8-4-3-6-2;2*1-2;/h3-5,7-12,18,25H,2,6,13-14H2,1H3,(H,21,24)(H,22,23);3-4H2,1-2H3;2*1-2H3;/q;-1;;;/t18-;;;;/m1..../s1. The number of esters is 1. The van der Waals surface area contributed by atoms with E-state index < -0.39 is 6.04 Å². The second-order valence-electron chi connectivity index (χ2n) is 7.40. The van der Waals surface area contributed by atoms with Crippen LogP contribution in [0.3, 0.4) is 0 Å². The number of ether oxygens (including phenoxy) is 1. The summed E-state index contributed by atoms with van der Waals surface area (Å²) in [6.07, 6.45) is 1.52. The van der Waals surface area contributed by atoms with Crippen molar-refractivity contribution in [2.75, 3.05) is 25.5 Å². The Bertz CT molecular complexity index is 867. The molecule has 2 aromatic rings. The number of hydrogen-bond acceptors (Lipinski definition) is 6. The molecule has 0 saturated heterocycles. The van der Waals surface area contributed by atoms with Crippen molar-refractivity contribution in [1.29, 1.82) is 0 Å².